The zero-order valence-corrected chi connectivity index (χ0v) is 12.5. The lowest BCUT2D eigenvalue weighted by Crippen LogP contribution is -2.47. The molecule has 22 heavy (non-hydrogen) atoms. The second-order valence-corrected chi connectivity index (χ2v) is 5.89. The van der Waals surface area contributed by atoms with Gasteiger partial charge in [-0.15, -0.1) is 6.58 Å². The smallest absolute Gasteiger partial charge is 0.339 e. The number of rotatable bonds is 3. The van der Waals surface area contributed by atoms with Gasteiger partial charge in [0.1, 0.15) is 11.4 Å². The number of aliphatic hydroxyl groups is 1. The Hall–Kier alpha value is -2.07. The predicted molar refractivity (Wildman–Crippen MR) is 82.5 cm³/mol. The van der Waals surface area contributed by atoms with Crippen LogP contribution in [-0.2, 0) is 14.3 Å². The molecular formula is C18H20O4. The zero-order valence-electron chi connectivity index (χ0n) is 12.5. The summed E-state index contributed by atoms with van der Waals surface area (Å²) in [5.74, 6) is -0.742. The summed E-state index contributed by atoms with van der Waals surface area (Å²) in [4.78, 5) is 12.5. The Labute approximate surface area is 130 Å². The Kier molecular flexibility index (Phi) is 4.03. The van der Waals surface area contributed by atoms with Gasteiger partial charge >= 0.3 is 5.97 Å². The maximum Gasteiger partial charge on any atom is 0.339 e. The molecule has 3 rings (SSSR count). The van der Waals surface area contributed by atoms with E-state index in [0.29, 0.717) is 19.6 Å². The molecule has 0 amide bonds. The monoisotopic (exact) mass is 300 g/mol. The summed E-state index contributed by atoms with van der Waals surface area (Å²) in [6, 6.07) is 9.52. The molecule has 2 heterocycles. The quantitative estimate of drug-likeness (QED) is 0.687. The first-order valence-electron chi connectivity index (χ1n) is 7.56. The molecule has 116 valence electrons. The third kappa shape index (κ3) is 2.66. The van der Waals surface area contributed by atoms with Gasteiger partial charge in [0.2, 0.25) is 0 Å². The van der Waals surface area contributed by atoms with Crippen molar-refractivity contribution >= 4 is 5.97 Å². The summed E-state index contributed by atoms with van der Waals surface area (Å²) in [5.41, 5.74) is 0.495. The van der Waals surface area contributed by atoms with Crippen LogP contribution in [0.15, 0.2) is 54.3 Å². The molecule has 0 radical (unpaired) electrons. The number of allylic oxidation sites excluding steroid dienone is 1. The van der Waals surface area contributed by atoms with Crippen molar-refractivity contribution in [1.29, 1.82) is 0 Å². The summed E-state index contributed by atoms with van der Waals surface area (Å²) in [7, 11) is 0. The fraction of sp³-hybridized carbons (Fsp3) is 0.389. The number of ether oxygens (including phenoxy) is 2. The molecule has 1 spiro atoms. The minimum absolute atomic E-state index is 0.0931. The molecule has 0 aliphatic carbocycles. The van der Waals surface area contributed by atoms with Crippen LogP contribution in [0.5, 0.6) is 0 Å². The SMILES string of the molecule is C=CC(C1=C(O)CC2(CCCOC2)OC1=O)c1ccccc1. The van der Waals surface area contributed by atoms with Gasteiger partial charge in [-0.3, -0.25) is 0 Å². The van der Waals surface area contributed by atoms with Crippen LogP contribution in [0.2, 0.25) is 0 Å². The maximum absolute atomic E-state index is 12.5. The van der Waals surface area contributed by atoms with Crippen LogP contribution in [0.1, 0.15) is 30.7 Å². The van der Waals surface area contributed by atoms with Crippen LogP contribution in [0.25, 0.3) is 0 Å². The summed E-state index contributed by atoms with van der Waals surface area (Å²) < 4.78 is 11.1. The molecule has 2 unspecified atom stereocenters. The second kappa shape index (κ2) is 5.97. The molecule has 2 atom stereocenters. The van der Waals surface area contributed by atoms with Crippen LogP contribution in [0.4, 0.5) is 0 Å². The zero-order chi connectivity index (χ0) is 15.6. The van der Waals surface area contributed by atoms with Gasteiger partial charge in [-0.05, 0) is 18.4 Å². The van der Waals surface area contributed by atoms with Crippen molar-refractivity contribution < 1.29 is 19.4 Å². The van der Waals surface area contributed by atoms with E-state index < -0.39 is 11.6 Å². The lowest BCUT2D eigenvalue weighted by atomic mass is 9.83. The second-order valence-electron chi connectivity index (χ2n) is 5.89. The summed E-state index contributed by atoms with van der Waals surface area (Å²) in [5, 5.41) is 10.5. The fourth-order valence-electron chi connectivity index (χ4n) is 3.24. The van der Waals surface area contributed by atoms with Crippen molar-refractivity contribution in [1.82, 2.24) is 0 Å². The normalized spacial score (nSPS) is 26.6. The lowest BCUT2D eigenvalue weighted by Gasteiger charge is -2.40. The molecule has 1 aromatic carbocycles. The van der Waals surface area contributed by atoms with Gasteiger partial charge in [-0.2, -0.15) is 0 Å². The Bertz CT molecular complexity index is 597. The number of hydrogen-bond donors (Lipinski definition) is 1. The van der Waals surface area contributed by atoms with E-state index in [1.54, 1.807) is 6.08 Å². The third-order valence-corrected chi connectivity index (χ3v) is 4.32. The summed E-state index contributed by atoms with van der Waals surface area (Å²) in [6.45, 7) is 4.83. The fourth-order valence-corrected chi connectivity index (χ4v) is 3.24. The highest BCUT2D eigenvalue weighted by molar-refractivity contribution is 5.92. The molecule has 2 aliphatic rings. The lowest BCUT2D eigenvalue weighted by molar-refractivity contribution is -0.175. The van der Waals surface area contributed by atoms with E-state index >= 15 is 0 Å². The number of carbonyl (C=O) groups is 1. The third-order valence-electron chi connectivity index (χ3n) is 4.32. The molecular weight excluding hydrogens is 280 g/mol. The predicted octanol–water partition coefficient (Wildman–Crippen LogP) is 3.26. The van der Waals surface area contributed by atoms with Crippen LogP contribution in [0, 0.1) is 0 Å². The topological polar surface area (TPSA) is 55.8 Å². The molecule has 0 saturated carbocycles. The Morgan fingerprint density at radius 1 is 1.32 bits per heavy atom. The average Bonchev–Trinajstić information content (AvgIpc) is 2.52. The standard InChI is InChI=1S/C18H20O4/c1-2-14(13-7-4-3-5-8-13)16-15(19)11-18(22-17(16)20)9-6-10-21-12-18/h2-5,7-8,14,19H,1,6,9-12H2. The van der Waals surface area contributed by atoms with Crippen LogP contribution in [-0.4, -0.2) is 29.9 Å². The first-order valence-corrected chi connectivity index (χ1v) is 7.56. The first kappa shape index (κ1) is 14.9. The Morgan fingerprint density at radius 2 is 2.09 bits per heavy atom. The number of hydrogen-bond acceptors (Lipinski definition) is 4. The van der Waals surface area contributed by atoms with E-state index in [4.69, 9.17) is 9.47 Å². The highest BCUT2D eigenvalue weighted by atomic mass is 16.6. The molecule has 0 aromatic heterocycles. The van der Waals surface area contributed by atoms with Gasteiger partial charge in [-0.1, -0.05) is 36.4 Å². The van der Waals surface area contributed by atoms with E-state index in [1.807, 2.05) is 30.3 Å². The van der Waals surface area contributed by atoms with E-state index in [-0.39, 0.29) is 17.3 Å². The van der Waals surface area contributed by atoms with Crippen LogP contribution < -0.4 is 0 Å². The molecule has 4 nitrogen and oxygen atoms in total. The van der Waals surface area contributed by atoms with Crippen molar-refractivity contribution in [3.63, 3.8) is 0 Å². The molecule has 0 bridgehead atoms. The summed E-state index contributed by atoms with van der Waals surface area (Å²) >= 11 is 0. The van der Waals surface area contributed by atoms with Gasteiger partial charge in [0.25, 0.3) is 0 Å². The van der Waals surface area contributed by atoms with E-state index in [2.05, 4.69) is 6.58 Å². The van der Waals surface area contributed by atoms with Crippen molar-refractivity contribution in [2.75, 3.05) is 13.2 Å². The number of benzene rings is 1. The molecule has 1 aromatic rings. The maximum atomic E-state index is 12.5. The van der Waals surface area contributed by atoms with Gasteiger partial charge in [-0.25, -0.2) is 4.79 Å². The average molecular weight is 300 g/mol. The van der Waals surface area contributed by atoms with E-state index in [1.165, 1.54) is 0 Å². The highest BCUT2D eigenvalue weighted by Gasteiger charge is 2.44. The van der Waals surface area contributed by atoms with Gasteiger partial charge < -0.3 is 14.6 Å². The van der Waals surface area contributed by atoms with Gasteiger partial charge in [0.05, 0.1) is 12.2 Å². The minimum atomic E-state index is -0.703. The van der Waals surface area contributed by atoms with Crippen molar-refractivity contribution in [2.24, 2.45) is 0 Å². The van der Waals surface area contributed by atoms with Gasteiger partial charge in [0, 0.05) is 18.9 Å². The highest BCUT2D eigenvalue weighted by Crippen LogP contribution is 2.40. The number of carbonyl (C=O) groups excluding carboxylic acids is 1. The van der Waals surface area contributed by atoms with Crippen molar-refractivity contribution in [3.8, 4) is 0 Å². The number of aliphatic hydroxyl groups excluding tert-OH is 1. The minimum Gasteiger partial charge on any atom is -0.512 e. The molecule has 1 fully saturated rings. The summed E-state index contributed by atoms with van der Waals surface area (Å²) in [6.07, 6.45) is 3.53. The van der Waals surface area contributed by atoms with Gasteiger partial charge in [0.15, 0.2) is 0 Å². The van der Waals surface area contributed by atoms with Crippen molar-refractivity contribution in [3.05, 3.63) is 59.9 Å². The molecule has 1 saturated heterocycles. The van der Waals surface area contributed by atoms with E-state index in [9.17, 15) is 9.90 Å². The van der Waals surface area contributed by atoms with Crippen molar-refractivity contribution in [2.45, 2.75) is 30.8 Å². The number of esters is 1. The molecule has 4 heteroatoms. The van der Waals surface area contributed by atoms with Crippen LogP contribution >= 0.6 is 0 Å². The Balaban J connectivity index is 1.94. The van der Waals surface area contributed by atoms with E-state index in [0.717, 1.165) is 18.4 Å². The van der Waals surface area contributed by atoms with Crippen LogP contribution in [0.3, 0.4) is 0 Å². The molecule has 1 N–H and O–H groups in total. The largest absolute Gasteiger partial charge is 0.512 e. The Morgan fingerprint density at radius 3 is 2.68 bits per heavy atom. The molecule has 2 aliphatic heterocycles. The first-order chi connectivity index (χ1) is 10.7.